The van der Waals surface area contributed by atoms with Gasteiger partial charge in [-0.2, -0.15) is 0 Å². The minimum atomic E-state index is 0.275. The molecule has 0 bridgehead atoms. The van der Waals surface area contributed by atoms with E-state index in [-0.39, 0.29) is 5.54 Å². The summed E-state index contributed by atoms with van der Waals surface area (Å²) >= 11 is 0. The van der Waals surface area contributed by atoms with E-state index < -0.39 is 0 Å². The molecule has 0 atom stereocenters. The van der Waals surface area contributed by atoms with Gasteiger partial charge in [-0.15, -0.1) is 0 Å². The van der Waals surface area contributed by atoms with Gasteiger partial charge in [0.25, 0.3) is 0 Å². The van der Waals surface area contributed by atoms with Gasteiger partial charge >= 0.3 is 0 Å². The molecule has 118 valence electrons. The summed E-state index contributed by atoms with van der Waals surface area (Å²) in [4.78, 5) is 5.21. The molecule has 0 unspecified atom stereocenters. The number of hydrogen-bond acceptors (Lipinski definition) is 4. The quantitative estimate of drug-likeness (QED) is 0.753. The molecule has 2 aliphatic rings. The number of likely N-dealkylation sites (N-methyl/N-ethyl adjacent to an activating group) is 1. The average Bonchev–Trinajstić information content (AvgIpc) is 2.75. The van der Waals surface area contributed by atoms with Crippen molar-refractivity contribution in [1.29, 1.82) is 0 Å². The first-order chi connectivity index (χ1) is 9.80. The van der Waals surface area contributed by atoms with Crippen LogP contribution in [0.2, 0.25) is 0 Å². The second kappa shape index (κ2) is 8.32. The molecule has 2 N–H and O–H groups in total. The monoisotopic (exact) mass is 283 g/mol. The molecule has 0 aromatic carbocycles. The number of morpholine rings is 1. The molecule has 4 heteroatoms. The molecule has 1 saturated heterocycles. The minimum Gasteiger partial charge on any atom is -0.379 e. The molecule has 1 aliphatic heterocycles. The summed E-state index contributed by atoms with van der Waals surface area (Å²) in [5.74, 6) is 0. The Bertz CT molecular complexity index is 258. The van der Waals surface area contributed by atoms with E-state index in [4.69, 9.17) is 10.5 Å². The van der Waals surface area contributed by atoms with Crippen LogP contribution in [0.5, 0.6) is 0 Å². The van der Waals surface area contributed by atoms with Crippen molar-refractivity contribution >= 4 is 0 Å². The molecule has 4 nitrogen and oxygen atoms in total. The fourth-order valence-electron chi connectivity index (χ4n) is 3.85. The Balaban J connectivity index is 1.89. The zero-order valence-electron chi connectivity index (χ0n) is 13.3. The van der Waals surface area contributed by atoms with Gasteiger partial charge in [0, 0.05) is 38.3 Å². The zero-order chi connectivity index (χ0) is 14.3. The highest BCUT2D eigenvalue weighted by molar-refractivity contribution is 4.93. The Kier molecular flexibility index (Phi) is 6.75. The predicted molar refractivity (Wildman–Crippen MR) is 84.0 cm³/mol. The summed E-state index contributed by atoms with van der Waals surface area (Å²) in [7, 11) is 0. The van der Waals surface area contributed by atoms with Crippen molar-refractivity contribution in [1.82, 2.24) is 9.80 Å². The molecule has 2 fully saturated rings. The Morgan fingerprint density at radius 2 is 1.75 bits per heavy atom. The van der Waals surface area contributed by atoms with Gasteiger partial charge in [0.05, 0.1) is 13.2 Å². The van der Waals surface area contributed by atoms with Crippen molar-refractivity contribution in [3.8, 4) is 0 Å². The van der Waals surface area contributed by atoms with Crippen molar-refractivity contribution in [3.05, 3.63) is 0 Å². The van der Waals surface area contributed by atoms with E-state index in [0.29, 0.717) is 0 Å². The van der Waals surface area contributed by atoms with Crippen molar-refractivity contribution < 1.29 is 4.74 Å². The molecule has 20 heavy (non-hydrogen) atoms. The van der Waals surface area contributed by atoms with E-state index in [1.54, 1.807) is 0 Å². The molecule has 0 aromatic heterocycles. The van der Waals surface area contributed by atoms with E-state index in [2.05, 4.69) is 16.7 Å². The van der Waals surface area contributed by atoms with Crippen LogP contribution in [0.4, 0.5) is 0 Å². The Morgan fingerprint density at radius 3 is 2.30 bits per heavy atom. The fourth-order valence-corrected chi connectivity index (χ4v) is 3.85. The number of ether oxygens (including phenoxy) is 1. The average molecular weight is 283 g/mol. The van der Waals surface area contributed by atoms with Crippen molar-refractivity contribution in [2.24, 2.45) is 5.73 Å². The molecule has 1 aliphatic carbocycles. The minimum absolute atomic E-state index is 0.275. The first-order valence-electron chi connectivity index (χ1n) is 8.56. The van der Waals surface area contributed by atoms with Gasteiger partial charge in [0.1, 0.15) is 0 Å². The van der Waals surface area contributed by atoms with Crippen LogP contribution in [0.25, 0.3) is 0 Å². The molecule has 0 aromatic rings. The third-order valence-electron chi connectivity index (χ3n) is 5.26. The van der Waals surface area contributed by atoms with Gasteiger partial charge in [-0.1, -0.05) is 32.6 Å². The van der Waals surface area contributed by atoms with Crippen LogP contribution in [0.3, 0.4) is 0 Å². The predicted octanol–water partition coefficient (Wildman–Crippen LogP) is 1.69. The molecular weight excluding hydrogens is 250 g/mol. The summed E-state index contributed by atoms with van der Waals surface area (Å²) in [5.41, 5.74) is 6.49. The molecule has 0 spiro atoms. The lowest BCUT2D eigenvalue weighted by Gasteiger charge is -2.44. The first kappa shape index (κ1) is 16.2. The summed E-state index contributed by atoms with van der Waals surface area (Å²) in [6.45, 7) is 10.5. The summed E-state index contributed by atoms with van der Waals surface area (Å²) in [6, 6.07) is 0. The highest BCUT2D eigenvalue weighted by atomic mass is 16.5. The van der Waals surface area contributed by atoms with Gasteiger partial charge in [0.15, 0.2) is 0 Å². The van der Waals surface area contributed by atoms with Gasteiger partial charge in [-0.3, -0.25) is 9.80 Å². The van der Waals surface area contributed by atoms with Crippen LogP contribution in [-0.4, -0.2) is 67.8 Å². The number of nitrogens with two attached hydrogens (primary N) is 1. The van der Waals surface area contributed by atoms with Crippen LogP contribution < -0.4 is 5.73 Å². The van der Waals surface area contributed by atoms with Gasteiger partial charge in [0.2, 0.25) is 0 Å². The van der Waals surface area contributed by atoms with Crippen LogP contribution in [0.1, 0.15) is 45.4 Å². The van der Waals surface area contributed by atoms with Gasteiger partial charge in [-0.25, -0.2) is 0 Å². The normalized spacial score (nSPS) is 24.8. The molecule has 0 amide bonds. The number of nitrogens with zero attached hydrogens (tertiary/aromatic N) is 2. The lowest BCUT2D eigenvalue weighted by atomic mass is 9.88. The highest BCUT2D eigenvalue weighted by Gasteiger charge is 2.34. The van der Waals surface area contributed by atoms with E-state index in [0.717, 1.165) is 45.9 Å². The topological polar surface area (TPSA) is 41.7 Å². The smallest absolute Gasteiger partial charge is 0.0594 e. The fraction of sp³-hybridized carbons (Fsp3) is 1.00. The van der Waals surface area contributed by atoms with Crippen molar-refractivity contribution in [2.45, 2.75) is 51.0 Å². The molecule has 1 heterocycles. The van der Waals surface area contributed by atoms with E-state index in [1.807, 2.05) is 0 Å². The molecule has 2 rings (SSSR count). The lowest BCUT2D eigenvalue weighted by molar-refractivity contribution is 0.0200. The summed E-state index contributed by atoms with van der Waals surface area (Å²) < 4.78 is 5.43. The Hall–Kier alpha value is -0.160. The first-order valence-corrected chi connectivity index (χ1v) is 8.56. The van der Waals surface area contributed by atoms with E-state index in [1.165, 1.54) is 45.1 Å². The van der Waals surface area contributed by atoms with Crippen LogP contribution in [0.15, 0.2) is 0 Å². The number of rotatable bonds is 6. The maximum atomic E-state index is 6.22. The SMILES string of the molecule is CCN(CCN1CCOCC1)C1(CN)CCCCCC1. The third kappa shape index (κ3) is 4.17. The van der Waals surface area contributed by atoms with Crippen LogP contribution in [0, 0.1) is 0 Å². The largest absolute Gasteiger partial charge is 0.379 e. The molecule has 1 saturated carbocycles. The Labute approximate surface area is 124 Å². The number of hydrogen-bond donors (Lipinski definition) is 1. The Morgan fingerprint density at radius 1 is 1.10 bits per heavy atom. The molecule has 0 radical (unpaired) electrons. The van der Waals surface area contributed by atoms with Crippen LogP contribution >= 0.6 is 0 Å². The second-order valence-electron chi connectivity index (χ2n) is 6.38. The molecular formula is C16H33N3O. The second-order valence-corrected chi connectivity index (χ2v) is 6.38. The standard InChI is InChI=1S/C16H33N3O/c1-2-19(10-9-18-11-13-20-14-12-18)16(15-17)7-5-3-4-6-8-16/h2-15,17H2,1H3. The highest BCUT2D eigenvalue weighted by Crippen LogP contribution is 2.31. The van der Waals surface area contributed by atoms with Crippen molar-refractivity contribution in [3.63, 3.8) is 0 Å². The third-order valence-corrected chi connectivity index (χ3v) is 5.26. The maximum absolute atomic E-state index is 6.22. The van der Waals surface area contributed by atoms with Crippen molar-refractivity contribution in [2.75, 3.05) is 52.5 Å². The lowest BCUT2D eigenvalue weighted by Crippen LogP contribution is -2.55. The van der Waals surface area contributed by atoms with Crippen LogP contribution in [-0.2, 0) is 4.74 Å². The summed E-state index contributed by atoms with van der Waals surface area (Å²) in [6.07, 6.45) is 8.07. The van der Waals surface area contributed by atoms with Gasteiger partial charge in [-0.05, 0) is 19.4 Å². The summed E-state index contributed by atoms with van der Waals surface area (Å²) in [5, 5.41) is 0. The zero-order valence-corrected chi connectivity index (χ0v) is 13.3. The van der Waals surface area contributed by atoms with Gasteiger partial charge < -0.3 is 10.5 Å². The van der Waals surface area contributed by atoms with E-state index >= 15 is 0 Å². The van der Waals surface area contributed by atoms with E-state index in [9.17, 15) is 0 Å². The maximum Gasteiger partial charge on any atom is 0.0594 e.